The Morgan fingerprint density at radius 2 is 2.09 bits per heavy atom. The van der Waals surface area contributed by atoms with Gasteiger partial charge in [0.15, 0.2) is 17.3 Å². The summed E-state index contributed by atoms with van der Waals surface area (Å²) in [4.78, 5) is 48.0. The lowest BCUT2D eigenvalue weighted by molar-refractivity contribution is -0.385. The van der Waals surface area contributed by atoms with Crippen LogP contribution in [-0.2, 0) is 9.59 Å². The van der Waals surface area contributed by atoms with E-state index >= 15 is 0 Å². The number of rotatable bonds is 4. The first kappa shape index (κ1) is 14.9. The van der Waals surface area contributed by atoms with E-state index in [9.17, 15) is 24.5 Å². The van der Waals surface area contributed by atoms with Crippen LogP contribution in [0.15, 0.2) is 23.1 Å². The van der Waals surface area contributed by atoms with Crippen molar-refractivity contribution in [2.45, 2.75) is 17.7 Å². The van der Waals surface area contributed by atoms with Crippen molar-refractivity contribution >= 4 is 34.8 Å². The summed E-state index contributed by atoms with van der Waals surface area (Å²) < 4.78 is 0. The number of nitro groups is 1. The third-order valence-corrected chi connectivity index (χ3v) is 5.01. The van der Waals surface area contributed by atoms with Crippen molar-refractivity contribution in [2.24, 2.45) is 17.8 Å². The van der Waals surface area contributed by atoms with Gasteiger partial charge in [0.2, 0.25) is 0 Å². The first-order valence-electron chi connectivity index (χ1n) is 6.87. The minimum atomic E-state index is -1.36. The molecule has 3 atom stereocenters. The number of nitro benzene ring substituents is 1. The average molecular weight is 319 g/mol. The Hall–Kier alpha value is -2.02. The molecule has 6 nitrogen and oxygen atoms in total. The third-order valence-electron chi connectivity index (χ3n) is 4.29. The first-order valence-corrected chi connectivity index (χ1v) is 8.09. The minimum Gasteiger partial charge on any atom is -0.298 e. The number of benzene rings is 1. The second-order valence-corrected chi connectivity index (χ2v) is 6.49. The molecule has 7 heteroatoms. The quantitative estimate of drug-likeness (QED) is 0.278. The van der Waals surface area contributed by atoms with Crippen LogP contribution in [0.3, 0.4) is 0 Å². The van der Waals surface area contributed by atoms with Gasteiger partial charge in [-0.1, -0.05) is 0 Å². The molecule has 0 spiro atoms. The second-order valence-electron chi connectivity index (χ2n) is 5.61. The maximum Gasteiger partial charge on any atom is 0.281 e. The molecule has 0 amide bonds. The summed E-state index contributed by atoms with van der Waals surface area (Å²) in [5.74, 6) is -3.00. The lowest BCUT2D eigenvalue weighted by Gasteiger charge is -2.17. The summed E-state index contributed by atoms with van der Waals surface area (Å²) in [6.07, 6.45) is 2.65. The Morgan fingerprint density at radius 3 is 2.73 bits per heavy atom. The number of carbonyl (C=O) groups excluding carboxylic acids is 3. The zero-order valence-corrected chi connectivity index (χ0v) is 12.6. The van der Waals surface area contributed by atoms with Crippen molar-refractivity contribution < 1.29 is 19.3 Å². The van der Waals surface area contributed by atoms with E-state index in [1.165, 1.54) is 23.9 Å². The lowest BCUT2D eigenvalue weighted by atomic mass is 9.81. The zero-order chi connectivity index (χ0) is 16.0. The molecular weight excluding hydrogens is 306 g/mol. The maximum atomic E-state index is 12.6. The molecule has 0 bridgehead atoms. The SMILES string of the molecule is CSc1ccc(C(=O)C2C(=O)C[C@H]3C[C@H]3C2=O)c([N+](=O)[O-])c1. The van der Waals surface area contributed by atoms with Gasteiger partial charge in [0.25, 0.3) is 5.69 Å². The molecule has 0 aromatic heterocycles. The van der Waals surface area contributed by atoms with Gasteiger partial charge in [-0.3, -0.25) is 24.5 Å². The van der Waals surface area contributed by atoms with Gasteiger partial charge < -0.3 is 0 Å². The molecule has 3 rings (SSSR count). The maximum absolute atomic E-state index is 12.6. The molecular formula is C15H13NO5S. The molecule has 0 radical (unpaired) electrons. The van der Waals surface area contributed by atoms with E-state index in [1.807, 2.05) is 0 Å². The van der Waals surface area contributed by atoms with E-state index in [2.05, 4.69) is 0 Å². The largest absolute Gasteiger partial charge is 0.298 e. The number of ketones is 3. The summed E-state index contributed by atoms with van der Waals surface area (Å²) in [5, 5.41) is 11.2. The molecule has 1 aromatic rings. The standard InChI is InChI=1S/C15H13NO5S/c1-22-8-2-3-9(11(6-8)16(20)21)14(18)13-12(17)5-7-4-10(7)15(13)19/h2-3,6-7,10,13H,4-5H2,1H3/t7-,10-,13?/m1/s1. The molecule has 2 saturated carbocycles. The number of nitrogens with zero attached hydrogens (tertiary/aromatic N) is 1. The molecule has 22 heavy (non-hydrogen) atoms. The van der Waals surface area contributed by atoms with Crippen LogP contribution in [0, 0.1) is 27.9 Å². The van der Waals surface area contributed by atoms with E-state index in [0.717, 1.165) is 0 Å². The molecule has 1 unspecified atom stereocenters. The minimum absolute atomic E-state index is 0.0814. The van der Waals surface area contributed by atoms with Crippen molar-refractivity contribution in [3.05, 3.63) is 33.9 Å². The van der Waals surface area contributed by atoms with E-state index in [1.54, 1.807) is 12.3 Å². The number of carbonyl (C=O) groups is 3. The van der Waals surface area contributed by atoms with Crippen molar-refractivity contribution in [1.29, 1.82) is 0 Å². The van der Waals surface area contributed by atoms with E-state index in [-0.39, 0.29) is 35.3 Å². The molecule has 2 aliphatic rings. The molecule has 1 aromatic carbocycles. The van der Waals surface area contributed by atoms with Crippen LogP contribution in [0.1, 0.15) is 23.2 Å². The Morgan fingerprint density at radius 1 is 1.36 bits per heavy atom. The van der Waals surface area contributed by atoms with Crippen LogP contribution < -0.4 is 0 Å². The summed E-state index contributed by atoms with van der Waals surface area (Å²) in [5.41, 5.74) is -0.510. The van der Waals surface area contributed by atoms with Gasteiger partial charge in [0, 0.05) is 23.3 Å². The van der Waals surface area contributed by atoms with Crippen LogP contribution >= 0.6 is 11.8 Å². The smallest absolute Gasteiger partial charge is 0.281 e. The van der Waals surface area contributed by atoms with Gasteiger partial charge in [-0.05, 0) is 30.7 Å². The van der Waals surface area contributed by atoms with Crippen molar-refractivity contribution in [3.63, 3.8) is 0 Å². The lowest BCUT2D eigenvalue weighted by Crippen LogP contribution is -2.37. The normalized spacial score (nSPS) is 26.5. The highest BCUT2D eigenvalue weighted by Crippen LogP contribution is 2.48. The van der Waals surface area contributed by atoms with Gasteiger partial charge in [0.1, 0.15) is 5.92 Å². The van der Waals surface area contributed by atoms with Gasteiger partial charge in [-0.25, -0.2) is 0 Å². The highest BCUT2D eigenvalue weighted by molar-refractivity contribution is 7.98. The number of thioether (sulfide) groups is 1. The summed E-state index contributed by atoms with van der Waals surface area (Å²) >= 11 is 1.31. The van der Waals surface area contributed by atoms with E-state index < -0.39 is 22.4 Å². The van der Waals surface area contributed by atoms with Gasteiger partial charge in [-0.2, -0.15) is 0 Å². The Balaban J connectivity index is 1.99. The zero-order valence-electron chi connectivity index (χ0n) is 11.8. The summed E-state index contributed by atoms with van der Waals surface area (Å²) in [7, 11) is 0. The van der Waals surface area contributed by atoms with Crippen LogP contribution in [0.2, 0.25) is 0 Å². The first-order chi connectivity index (χ1) is 10.4. The topological polar surface area (TPSA) is 94.3 Å². The van der Waals surface area contributed by atoms with Crippen LogP contribution in [0.5, 0.6) is 0 Å². The molecule has 2 fully saturated rings. The molecule has 0 aliphatic heterocycles. The van der Waals surface area contributed by atoms with E-state index in [4.69, 9.17) is 0 Å². The molecule has 0 saturated heterocycles. The van der Waals surface area contributed by atoms with Crippen molar-refractivity contribution in [2.75, 3.05) is 6.26 Å². The highest BCUT2D eigenvalue weighted by Gasteiger charge is 2.55. The van der Waals surface area contributed by atoms with Crippen LogP contribution in [0.25, 0.3) is 0 Å². The summed E-state index contributed by atoms with van der Waals surface area (Å²) in [6.45, 7) is 0. The molecule has 0 heterocycles. The van der Waals surface area contributed by atoms with Gasteiger partial charge >= 0.3 is 0 Å². The fourth-order valence-electron chi connectivity index (χ4n) is 3.00. The number of Topliss-reactive ketones (excluding diaryl/α,β-unsaturated/α-hetero) is 3. The number of fused-ring (bicyclic) bond motifs is 1. The van der Waals surface area contributed by atoms with Gasteiger partial charge in [-0.15, -0.1) is 11.8 Å². The predicted octanol–water partition coefficient (Wildman–Crippen LogP) is 2.29. The number of hydrogen-bond donors (Lipinski definition) is 0. The molecule has 114 valence electrons. The fourth-order valence-corrected chi connectivity index (χ4v) is 3.43. The summed E-state index contributed by atoms with van der Waals surface area (Å²) in [6, 6.07) is 4.23. The highest BCUT2D eigenvalue weighted by atomic mass is 32.2. The Labute approximate surface area is 130 Å². The second kappa shape index (κ2) is 5.31. The van der Waals surface area contributed by atoms with Crippen molar-refractivity contribution in [1.82, 2.24) is 0 Å². The third kappa shape index (κ3) is 2.35. The Kier molecular flexibility index (Phi) is 3.60. The van der Waals surface area contributed by atoms with Crippen LogP contribution in [-0.4, -0.2) is 28.5 Å². The Bertz CT molecular complexity index is 714. The average Bonchev–Trinajstić information content (AvgIpc) is 3.25. The van der Waals surface area contributed by atoms with Crippen molar-refractivity contribution in [3.8, 4) is 0 Å². The fraction of sp³-hybridized carbons (Fsp3) is 0.400. The monoisotopic (exact) mass is 319 g/mol. The predicted molar refractivity (Wildman–Crippen MR) is 78.9 cm³/mol. The van der Waals surface area contributed by atoms with Crippen LogP contribution in [0.4, 0.5) is 5.69 Å². The van der Waals surface area contributed by atoms with Gasteiger partial charge in [0.05, 0.1) is 10.5 Å². The van der Waals surface area contributed by atoms with E-state index in [0.29, 0.717) is 11.3 Å². The molecule has 0 N–H and O–H groups in total. The molecule has 2 aliphatic carbocycles. The number of hydrogen-bond acceptors (Lipinski definition) is 6.